The van der Waals surface area contributed by atoms with Crippen molar-refractivity contribution >= 4 is 28.7 Å². The van der Waals surface area contributed by atoms with E-state index in [4.69, 9.17) is 11.6 Å². The summed E-state index contributed by atoms with van der Waals surface area (Å²) in [5.74, 6) is 0.882. The van der Waals surface area contributed by atoms with Crippen molar-refractivity contribution in [2.45, 2.75) is 32.7 Å². The third kappa shape index (κ3) is 3.04. The summed E-state index contributed by atoms with van der Waals surface area (Å²) in [6.07, 6.45) is 2.68. The number of amides is 1. The molecule has 0 aliphatic carbocycles. The van der Waals surface area contributed by atoms with E-state index in [1.807, 2.05) is 19.9 Å². The number of fused-ring (bicyclic) bond motifs is 1. The molecule has 0 bridgehead atoms. The topological polar surface area (TPSA) is 59.8 Å². The van der Waals surface area contributed by atoms with Gasteiger partial charge in [-0.05, 0) is 25.0 Å². The molecule has 0 aliphatic heterocycles. The molecule has 0 radical (unpaired) electrons. The van der Waals surface area contributed by atoms with Crippen molar-refractivity contribution in [3.63, 3.8) is 0 Å². The third-order valence-electron chi connectivity index (χ3n) is 2.79. The SMILES string of the molecule is CCCNC(=O)Cn1c(CCl)nc2cc(C)cnc21. The van der Waals surface area contributed by atoms with Crippen LogP contribution in [0.4, 0.5) is 0 Å². The molecule has 0 saturated heterocycles. The lowest BCUT2D eigenvalue weighted by molar-refractivity contribution is -0.121. The summed E-state index contributed by atoms with van der Waals surface area (Å²) in [5, 5.41) is 2.84. The Morgan fingerprint density at radius 1 is 1.53 bits per heavy atom. The number of aryl methyl sites for hydroxylation is 1. The van der Waals surface area contributed by atoms with Crippen LogP contribution in [-0.2, 0) is 17.2 Å². The second-order valence-corrected chi connectivity index (χ2v) is 4.72. The molecule has 2 heterocycles. The first-order valence-corrected chi connectivity index (χ1v) is 6.83. The van der Waals surface area contributed by atoms with Crippen LogP contribution in [0.15, 0.2) is 12.3 Å². The summed E-state index contributed by atoms with van der Waals surface area (Å²) in [6.45, 7) is 4.85. The molecule has 19 heavy (non-hydrogen) atoms. The van der Waals surface area contributed by atoms with Crippen molar-refractivity contribution in [1.29, 1.82) is 0 Å². The summed E-state index contributed by atoms with van der Waals surface area (Å²) in [4.78, 5) is 20.6. The van der Waals surface area contributed by atoms with Crippen LogP contribution < -0.4 is 5.32 Å². The Labute approximate surface area is 117 Å². The Kier molecular flexibility index (Phi) is 4.37. The van der Waals surface area contributed by atoms with E-state index in [-0.39, 0.29) is 18.3 Å². The van der Waals surface area contributed by atoms with Crippen molar-refractivity contribution in [2.24, 2.45) is 0 Å². The minimum Gasteiger partial charge on any atom is -0.355 e. The summed E-state index contributed by atoms with van der Waals surface area (Å²) in [6, 6.07) is 1.94. The Balaban J connectivity index is 2.32. The number of rotatable bonds is 5. The number of hydrogen-bond donors (Lipinski definition) is 1. The van der Waals surface area contributed by atoms with Gasteiger partial charge in [0.05, 0.1) is 5.88 Å². The summed E-state index contributed by atoms with van der Waals surface area (Å²) < 4.78 is 1.77. The average Bonchev–Trinajstić information content (AvgIpc) is 2.73. The van der Waals surface area contributed by atoms with Crippen molar-refractivity contribution in [2.75, 3.05) is 6.54 Å². The molecule has 5 nitrogen and oxygen atoms in total. The van der Waals surface area contributed by atoms with Crippen LogP contribution in [0.2, 0.25) is 0 Å². The number of nitrogens with one attached hydrogen (secondary N) is 1. The average molecular weight is 281 g/mol. The van der Waals surface area contributed by atoms with Crippen molar-refractivity contribution in [3.05, 3.63) is 23.7 Å². The summed E-state index contributed by atoms with van der Waals surface area (Å²) in [7, 11) is 0. The predicted octanol–water partition coefficient (Wildman–Crippen LogP) is 2.00. The van der Waals surface area contributed by atoms with E-state index in [0.29, 0.717) is 18.0 Å². The van der Waals surface area contributed by atoms with Gasteiger partial charge in [0.2, 0.25) is 5.91 Å². The predicted molar refractivity (Wildman–Crippen MR) is 75.1 cm³/mol. The first kappa shape index (κ1) is 13.8. The first-order valence-electron chi connectivity index (χ1n) is 6.30. The van der Waals surface area contributed by atoms with Gasteiger partial charge in [0, 0.05) is 12.7 Å². The molecule has 2 aromatic heterocycles. The van der Waals surface area contributed by atoms with E-state index >= 15 is 0 Å². The number of carbonyl (C=O) groups is 1. The minimum atomic E-state index is -0.0464. The number of alkyl halides is 1. The fourth-order valence-corrected chi connectivity index (χ4v) is 2.09. The quantitative estimate of drug-likeness (QED) is 0.852. The van der Waals surface area contributed by atoms with Gasteiger partial charge < -0.3 is 9.88 Å². The monoisotopic (exact) mass is 280 g/mol. The molecule has 0 saturated carbocycles. The molecule has 0 unspecified atom stereocenters. The lowest BCUT2D eigenvalue weighted by Crippen LogP contribution is -2.28. The highest BCUT2D eigenvalue weighted by Crippen LogP contribution is 2.16. The molecule has 2 rings (SSSR count). The Morgan fingerprint density at radius 3 is 3.00 bits per heavy atom. The van der Waals surface area contributed by atoms with E-state index in [9.17, 15) is 4.79 Å². The molecular formula is C13H17ClN4O. The number of hydrogen-bond acceptors (Lipinski definition) is 3. The highest BCUT2D eigenvalue weighted by molar-refractivity contribution is 6.16. The van der Waals surface area contributed by atoms with Crippen LogP contribution in [0.5, 0.6) is 0 Å². The molecule has 1 N–H and O–H groups in total. The molecular weight excluding hydrogens is 264 g/mol. The zero-order valence-electron chi connectivity index (χ0n) is 11.1. The second kappa shape index (κ2) is 6.02. The highest BCUT2D eigenvalue weighted by atomic mass is 35.5. The molecule has 0 fully saturated rings. The van der Waals surface area contributed by atoms with E-state index in [2.05, 4.69) is 15.3 Å². The Morgan fingerprint density at radius 2 is 2.32 bits per heavy atom. The molecule has 0 aromatic carbocycles. The highest BCUT2D eigenvalue weighted by Gasteiger charge is 2.13. The maximum absolute atomic E-state index is 11.8. The van der Waals surface area contributed by atoms with Crippen LogP contribution in [0.1, 0.15) is 24.7 Å². The minimum absolute atomic E-state index is 0.0464. The van der Waals surface area contributed by atoms with E-state index in [1.54, 1.807) is 10.8 Å². The van der Waals surface area contributed by atoms with Crippen molar-refractivity contribution in [1.82, 2.24) is 19.9 Å². The van der Waals surface area contributed by atoms with Crippen LogP contribution in [-0.4, -0.2) is 27.0 Å². The normalized spacial score (nSPS) is 10.9. The molecule has 0 spiro atoms. The number of carbonyl (C=O) groups excluding carboxylic acids is 1. The maximum atomic E-state index is 11.8. The van der Waals surface area contributed by atoms with Crippen LogP contribution in [0.3, 0.4) is 0 Å². The standard InChI is InChI=1S/C13H17ClN4O/c1-3-4-15-12(19)8-18-11(6-14)17-10-5-9(2)7-16-13(10)18/h5,7H,3-4,6,8H2,1-2H3,(H,15,19). The van der Waals surface area contributed by atoms with Gasteiger partial charge in [-0.1, -0.05) is 6.92 Å². The summed E-state index contributed by atoms with van der Waals surface area (Å²) in [5.41, 5.74) is 2.51. The molecule has 102 valence electrons. The van der Waals surface area contributed by atoms with Gasteiger partial charge in [0.1, 0.15) is 17.9 Å². The molecule has 2 aromatic rings. The van der Waals surface area contributed by atoms with Crippen molar-refractivity contribution in [3.8, 4) is 0 Å². The van der Waals surface area contributed by atoms with Crippen LogP contribution in [0, 0.1) is 6.92 Å². The molecule has 6 heteroatoms. The van der Waals surface area contributed by atoms with Crippen LogP contribution >= 0.6 is 11.6 Å². The largest absolute Gasteiger partial charge is 0.355 e. The number of nitrogens with zero attached hydrogens (tertiary/aromatic N) is 3. The summed E-state index contributed by atoms with van der Waals surface area (Å²) >= 11 is 5.89. The van der Waals surface area contributed by atoms with Gasteiger partial charge in [-0.3, -0.25) is 4.79 Å². The second-order valence-electron chi connectivity index (χ2n) is 4.45. The smallest absolute Gasteiger partial charge is 0.240 e. The van der Waals surface area contributed by atoms with E-state index in [0.717, 1.165) is 17.5 Å². The third-order valence-corrected chi connectivity index (χ3v) is 3.03. The fourth-order valence-electron chi connectivity index (χ4n) is 1.89. The van der Waals surface area contributed by atoms with Gasteiger partial charge in [0.15, 0.2) is 5.65 Å². The number of halogens is 1. The first-order chi connectivity index (χ1) is 9.15. The van der Waals surface area contributed by atoms with Gasteiger partial charge in [0.25, 0.3) is 0 Å². The zero-order chi connectivity index (χ0) is 13.8. The molecule has 1 amide bonds. The Bertz CT molecular complexity index is 594. The number of imidazole rings is 1. The fraction of sp³-hybridized carbons (Fsp3) is 0.462. The van der Waals surface area contributed by atoms with Gasteiger partial charge >= 0.3 is 0 Å². The Hall–Kier alpha value is -1.62. The van der Waals surface area contributed by atoms with E-state index in [1.165, 1.54) is 0 Å². The van der Waals surface area contributed by atoms with Crippen molar-refractivity contribution < 1.29 is 4.79 Å². The van der Waals surface area contributed by atoms with Gasteiger partial charge in [-0.2, -0.15) is 0 Å². The maximum Gasteiger partial charge on any atom is 0.240 e. The zero-order valence-corrected chi connectivity index (χ0v) is 11.9. The lowest BCUT2D eigenvalue weighted by atomic mass is 10.3. The van der Waals surface area contributed by atoms with Gasteiger partial charge in [-0.15, -0.1) is 11.6 Å². The number of aromatic nitrogens is 3. The van der Waals surface area contributed by atoms with Gasteiger partial charge in [-0.25, -0.2) is 9.97 Å². The molecule has 0 atom stereocenters. The lowest BCUT2D eigenvalue weighted by Gasteiger charge is -2.07. The number of pyridine rings is 1. The molecule has 0 aliphatic rings. The van der Waals surface area contributed by atoms with Crippen LogP contribution in [0.25, 0.3) is 11.2 Å². The van der Waals surface area contributed by atoms with E-state index < -0.39 is 0 Å².